The van der Waals surface area contributed by atoms with Gasteiger partial charge in [0.05, 0.1) is 0 Å². The van der Waals surface area contributed by atoms with Crippen LogP contribution in [0, 0.1) is 0 Å². The highest BCUT2D eigenvalue weighted by Crippen LogP contribution is 2.53. The summed E-state index contributed by atoms with van der Waals surface area (Å²) in [5.74, 6) is 0. The summed E-state index contributed by atoms with van der Waals surface area (Å²) >= 11 is 3.58. The largest absolute Gasteiger partial charge is 0.309 e. The highest BCUT2D eigenvalue weighted by molar-refractivity contribution is 9.10. The zero-order chi connectivity index (χ0) is 27.2. The van der Waals surface area contributed by atoms with Crippen LogP contribution in [0.2, 0.25) is 0 Å². The minimum atomic E-state index is -3.18. The first-order chi connectivity index (χ1) is 18.6. The average molecular weight is 590 g/mol. The topological polar surface area (TPSA) is 17.1 Å². The summed E-state index contributed by atoms with van der Waals surface area (Å²) in [6.07, 6.45) is 0. The number of halogens is 1. The van der Waals surface area contributed by atoms with Gasteiger partial charge in [-0.3, -0.25) is 0 Å². The number of rotatable bonds is 3. The van der Waals surface area contributed by atoms with Crippen LogP contribution in [-0.2, 0) is 15.4 Å². The van der Waals surface area contributed by atoms with Gasteiger partial charge in [0.15, 0.2) is 7.14 Å². The number of fused-ring (bicyclic) bond motifs is 6. The van der Waals surface area contributed by atoms with E-state index in [4.69, 9.17) is 0 Å². The van der Waals surface area contributed by atoms with Gasteiger partial charge in [-0.1, -0.05) is 116 Å². The Labute approximate surface area is 239 Å². The normalized spacial score (nSPS) is 15.8. The van der Waals surface area contributed by atoms with Gasteiger partial charge in [0.1, 0.15) is 0 Å². The molecule has 0 saturated carbocycles. The first-order valence-corrected chi connectivity index (χ1v) is 16.0. The van der Waals surface area contributed by atoms with E-state index in [2.05, 4.69) is 129 Å². The standard InChI is InChI=1S/C36H30BrOP/c1-35(2)31-11-7-5-9-27(31)29-19-17-25(21-33(29)35)39(38,24-15-13-23(37)14-16-24)26-18-20-30-28-10-6-8-12-32(28)36(3,4)34(30)22-26/h5-22H,1-4H3. The summed E-state index contributed by atoms with van der Waals surface area (Å²) in [4.78, 5) is 0. The van der Waals surface area contributed by atoms with Gasteiger partial charge in [0.25, 0.3) is 0 Å². The number of hydrogen-bond donors (Lipinski definition) is 0. The molecule has 0 bridgehead atoms. The van der Waals surface area contributed by atoms with Crippen LogP contribution >= 0.6 is 23.1 Å². The number of hydrogen-bond acceptors (Lipinski definition) is 1. The van der Waals surface area contributed by atoms with Gasteiger partial charge in [-0.15, -0.1) is 0 Å². The van der Waals surface area contributed by atoms with Crippen molar-refractivity contribution in [1.82, 2.24) is 0 Å². The lowest BCUT2D eigenvalue weighted by Crippen LogP contribution is -2.28. The highest BCUT2D eigenvalue weighted by atomic mass is 79.9. The second kappa shape index (κ2) is 8.40. The molecule has 0 N–H and O–H groups in total. The monoisotopic (exact) mass is 588 g/mol. The molecule has 0 saturated heterocycles. The van der Waals surface area contributed by atoms with E-state index in [1.165, 1.54) is 44.5 Å². The van der Waals surface area contributed by atoms with E-state index in [0.29, 0.717) is 0 Å². The van der Waals surface area contributed by atoms with Crippen molar-refractivity contribution in [3.63, 3.8) is 0 Å². The predicted molar refractivity (Wildman–Crippen MR) is 169 cm³/mol. The Bertz CT molecular complexity index is 1730. The van der Waals surface area contributed by atoms with Crippen molar-refractivity contribution in [3.8, 4) is 22.3 Å². The van der Waals surface area contributed by atoms with E-state index in [1.807, 2.05) is 24.3 Å². The Kier molecular flexibility index (Phi) is 5.35. The molecule has 0 heterocycles. The molecule has 7 rings (SSSR count). The van der Waals surface area contributed by atoms with E-state index in [1.54, 1.807) is 0 Å². The SMILES string of the molecule is CC1(C)c2ccccc2-c2ccc(P(=O)(c3ccc(Br)cc3)c3ccc4c(c3)C(C)(C)c3ccccc3-4)cc21. The van der Waals surface area contributed by atoms with Crippen molar-refractivity contribution in [2.45, 2.75) is 38.5 Å². The van der Waals surface area contributed by atoms with E-state index >= 15 is 4.57 Å². The zero-order valence-corrected chi connectivity index (χ0v) is 25.1. The Morgan fingerprint density at radius 3 is 1.33 bits per heavy atom. The Morgan fingerprint density at radius 1 is 0.487 bits per heavy atom. The molecule has 0 amide bonds. The molecule has 0 atom stereocenters. The molecule has 0 fully saturated rings. The van der Waals surface area contributed by atoms with Gasteiger partial charge in [-0.25, -0.2) is 0 Å². The minimum absolute atomic E-state index is 0.159. The average Bonchev–Trinajstić information content (AvgIpc) is 3.32. The van der Waals surface area contributed by atoms with Crippen LogP contribution in [0.5, 0.6) is 0 Å². The third-order valence-corrected chi connectivity index (χ3v) is 12.6. The second-order valence-corrected chi connectivity index (χ2v) is 15.6. The highest BCUT2D eigenvalue weighted by Gasteiger charge is 2.40. The maximum Gasteiger partial charge on any atom is 0.171 e. The Balaban J connectivity index is 1.47. The second-order valence-electron chi connectivity index (χ2n) is 11.9. The molecule has 5 aromatic carbocycles. The molecular weight excluding hydrogens is 559 g/mol. The lowest BCUT2D eigenvalue weighted by molar-refractivity contribution is 0.592. The summed E-state index contributed by atoms with van der Waals surface area (Å²) < 4.78 is 16.7. The Hall–Kier alpha value is -3.19. The first kappa shape index (κ1) is 24.8. The van der Waals surface area contributed by atoms with Crippen molar-refractivity contribution in [2.75, 3.05) is 0 Å². The van der Waals surface area contributed by atoms with Crippen LogP contribution in [-0.4, -0.2) is 0 Å². The van der Waals surface area contributed by atoms with Crippen molar-refractivity contribution in [1.29, 1.82) is 0 Å². The lowest BCUT2D eigenvalue weighted by Gasteiger charge is -2.26. The van der Waals surface area contributed by atoms with E-state index in [-0.39, 0.29) is 10.8 Å². The summed E-state index contributed by atoms with van der Waals surface area (Å²) in [5, 5.41) is 2.63. The van der Waals surface area contributed by atoms with Crippen molar-refractivity contribution >= 4 is 39.0 Å². The smallest absolute Gasteiger partial charge is 0.171 e. The summed E-state index contributed by atoms with van der Waals surface area (Å²) in [5.41, 5.74) is 9.86. The molecule has 0 aromatic heterocycles. The summed E-state index contributed by atoms with van der Waals surface area (Å²) in [7, 11) is -3.18. The van der Waals surface area contributed by atoms with Crippen LogP contribution in [0.15, 0.2) is 114 Å². The molecule has 0 unspecified atom stereocenters. The Morgan fingerprint density at radius 2 is 0.872 bits per heavy atom. The molecule has 1 nitrogen and oxygen atoms in total. The maximum absolute atomic E-state index is 15.7. The molecular formula is C36H30BrOP. The van der Waals surface area contributed by atoms with Crippen molar-refractivity contribution < 1.29 is 4.57 Å². The molecule has 2 aliphatic rings. The molecule has 3 heteroatoms. The molecule has 5 aromatic rings. The van der Waals surface area contributed by atoms with Crippen LogP contribution in [0.4, 0.5) is 0 Å². The molecule has 0 aliphatic heterocycles. The molecule has 0 spiro atoms. The van der Waals surface area contributed by atoms with E-state index < -0.39 is 7.14 Å². The fourth-order valence-corrected chi connectivity index (χ4v) is 9.79. The van der Waals surface area contributed by atoms with Crippen molar-refractivity contribution in [2.24, 2.45) is 0 Å². The maximum atomic E-state index is 15.7. The zero-order valence-electron chi connectivity index (χ0n) is 22.6. The lowest BCUT2D eigenvalue weighted by atomic mass is 9.82. The van der Waals surface area contributed by atoms with Crippen LogP contribution in [0.3, 0.4) is 0 Å². The summed E-state index contributed by atoms with van der Waals surface area (Å²) in [6, 6.07) is 38.4. The van der Waals surface area contributed by atoms with Crippen LogP contribution < -0.4 is 15.9 Å². The predicted octanol–water partition coefficient (Wildman–Crippen LogP) is 8.70. The minimum Gasteiger partial charge on any atom is -0.309 e. The molecule has 0 radical (unpaired) electrons. The van der Waals surface area contributed by atoms with E-state index in [0.717, 1.165) is 20.4 Å². The third-order valence-electron chi connectivity index (χ3n) is 9.05. The van der Waals surface area contributed by atoms with Crippen LogP contribution in [0.25, 0.3) is 22.3 Å². The van der Waals surface area contributed by atoms with Gasteiger partial charge < -0.3 is 4.57 Å². The fraction of sp³-hybridized carbons (Fsp3) is 0.167. The van der Waals surface area contributed by atoms with Crippen molar-refractivity contribution in [3.05, 3.63) is 136 Å². The van der Waals surface area contributed by atoms with Gasteiger partial charge in [-0.2, -0.15) is 0 Å². The van der Waals surface area contributed by atoms with Gasteiger partial charge in [0, 0.05) is 31.2 Å². The molecule has 192 valence electrons. The fourth-order valence-electron chi connectivity index (χ4n) is 6.87. The van der Waals surface area contributed by atoms with Gasteiger partial charge in [-0.05, 0) is 80.9 Å². The first-order valence-electron chi connectivity index (χ1n) is 13.5. The van der Waals surface area contributed by atoms with Crippen LogP contribution in [0.1, 0.15) is 49.9 Å². The summed E-state index contributed by atoms with van der Waals surface area (Å²) in [6.45, 7) is 9.12. The third kappa shape index (κ3) is 3.41. The van der Waals surface area contributed by atoms with E-state index in [9.17, 15) is 0 Å². The van der Waals surface area contributed by atoms with Gasteiger partial charge >= 0.3 is 0 Å². The quantitative estimate of drug-likeness (QED) is 0.193. The van der Waals surface area contributed by atoms with Gasteiger partial charge in [0.2, 0.25) is 0 Å². The molecule has 39 heavy (non-hydrogen) atoms. The molecule has 2 aliphatic carbocycles. The number of benzene rings is 5.